The molecule has 202 valence electrons. The van der Waals surface area contributed by atoms with Crippen molar-refractivity contribution in [1.29, 1.82) is 0 Å². The number of carbonyl (C=O) groups excluding carboxylic acids is 2. The van der Waals surface area contributed by atoms with Gasteiger partial charge in [0.15, 0.2) is 0 Å². The third-order valence-electron chi connectivity index (χ3n) is 7.07. The van der Waals surface area contributed by atoms with E-state index in [4.69, 9.17) is 4.74 Å². The van der Waals surface area contributed by atoms with Crippen LogP contribution in [0.25, 0.3) is 6.08 Å². The molecule has 1 aliphatic rings. The van der Waals surface area contributed by atoms with E-state index in [1.165, 1.54) is 11.3 Å². The average Bonchev–Trinajstić information content (AvgIpc) is 3.26. The fourth-order valence-corrected chi connectivity index (χ4v) is 5.50. The van der Waals surface area contributed by atoms with Crippen LogP contribution in [0.2, 0.25) is 0 Å². The zero-order valence-electron chi connectivity index (χ0n) is 22.0. The molecule has 0 amide bonds. The predicted octanol–water partition coefficient (Wildman–Crippen LogP) is 4.86. The number of esters is 1. The van der Waals surface area contributed by atoms with Crippen LogP contribution in [0.5, 0.6) is 0 Å². The monoisotopic (exact) mass is 633 g/mol. The highest BCUT2D eigenvalue weighted by Crippen LogP contribution is 2.34. The van der Waals surface area contributed by atoms with E-state index < -0.39 is 35.6 Å². The highest BCUT2D eigenvalue weighted by Gasteiger charge is 2.42. The number of halogens is 1. The number of allylic oxidation sites excluding steroid dienone is 1. The molecule has 36 heavy (non-hydrogen) atoms. The van der Waals surface area contributed by atoms with Crippen molar-refractivity contribution >= 4 is 51.8 Å². The van der Waals surface area contributed by atoms with Crippen molar-refractivity contribution in [2.45, 2.75) is 95.6 Å². The number of nitrogens with zero attached hydrogens (tertiary/aromatic N) is 1. The smallest absolute Gasteiger partial charge is 0.309 e. The van der Waals surface area contributed by atoms with Gasteiger partial charge >= 0.3 is 5.97 Å². The van der Waals surface area contributed by atoms with Crippen LogP contribution in [0.1, 0.15) is 77.9 Å². The van der Waals surface area contributed by atoms with Gasteiger partial charge in [-0.05, 0) is 37.8 Å². The number of alkyl halides is 1. The van der Waals surface area contributed by atoms with E-state index in [0.29, 0.717) is 17.1 Å². The summed E-state index contributed by atoms with van der Waals surface area (Å²) >= 11 is 3.77. The van der Waals surface area contributed by atoms with Gasteiger partial charge in [0.25, 0.3) is 0 Å². The Bertz CT molecular complexity index is 969. The van der Waals surface area contributed by atoms with Gasteiger partial charge in [-0.15, -0.1) is 11.3 Å². The fourth-order valence-electron chi connectivity index (χ4n) is 4.33. The highest BCUT2D eigenvalue weighted by molar-refractivity contribution is 14.1. The van der Waals surface area contributed by atoms with Crippen LogP contribution in [0.4, 0.5) is 0 Å². The molecule has 0 spiro atoms. The van der Waals surface area contributed by atoms with Gasteiger partial charge in [-0.2, -0.15) is 0 Å². The van der Waals surface area contributed by atoms with Crippen molar-refractivity contribution in [3.05, 3.63) is 33.8 Å². The molecule has 0 unspecified atom stereocenters. The van der Waals surface area contributed by atoms with Gasteiger partial charge in [0, 0.05) is 20.6 Å². The number of ether oxygens (including phenoxy) is 1. The number of rotatable bonds is 3. The second kappa shape index (κ2) is 13.1. The van der Waals surface area contributed by atoms with Crippen molar-refractivity contribution in [1.82, 2.24) is 4.98 Å². The van der Waals surface area contributed by atoms with Gasteiger partial charge in [0.1, 0.15) is 16.9 Å². The number of hydrogen-bond acceptors (Lipinski definition) is 8. The van der Waals surface area contributed by atoms with E-state index in [-0.39, 0.29) is 28.2 Å². The number of hydrogen-bond donors (Lipinski definition) is 3. The Balaban J connectivity index is 2.37. The molecular formula is C27H40INO6S. The van der Waals surface area contributed by atoms with Crippen molar-refractivity contribution < 1.29 is 29.6 Å². The van der Waals surface area contributed by atoms with Gasteiger partial charge in [-0.1, -0.05) is 69.4 Å². The molecule has 3 N–H and O–H groups in total. The van der Waals surface area contributed by atoms with Crippen molar-refractivity contribution in [2.75, 3.05) is 0 Å². The van der Waals surface area contributed by atoms with Crippen LogP contribution in [-0.4, -0.2) is 53.8 Å². The van der Waals surface area contributed by atoms with Gasteiger partial charge in [-0.25, -0.2) is 4.98 Å². The van der Waals surface area contributed by atoms with E-state index in [9.17, 15) is 24.9 Å². The van der Waals surface area contributed by atoms with Gasteiger partial charge < -0.3 is 20.1 Å². The van der Waals surface area contributed by atoms with Gasteiger partial charge in [0.05, 0.1) is 36.3 Å². The SMILES string of the molecule is C/C(=C\c1csc(CO)n1)[C@@H]1CC[C@](C)(I)C/C=C/[C@H](C)[C@H](O)[C@@H](C)C(=O)C(C)(C)[C@@H](O)CC(=O)O1. The maximum Gasteiger partial charge on any atom is 0.309 e. The van der Waals surface area contributed by atoms with E-state index >= 15 is 0 Å². The second-order valence-electron chi connectivity index (χ2n) is 10.7. The molecule has 0 saturated heterocycles. The molecular weight excluding hydrogens is 593 g/mol. The lowest BCUT2D eigenvalue weighted by atomic mass is 9.73. The molecule has 7 nitrogen and oxygen atoms in total. The molecule has 0 fully saturated rings. The Labute approximate surface area is 232 Å². The Morgan fingerprint density at radius 1 is 1.28 bits per heavy atom. The minimum atomic E-state index is -1.25. The summed E-state index contributed by atoms with van der Waals surface area (Å²) in [6.45, 7) is 10.6. The lowest BCUT2D eigenvalue weighted by Gasteiger charge is -2.34. The van der Waals surface area contributed by atoms with E-state index in [2.05, 4.69) is 34.5 Å². The summed E-state index contributed by atoms with van der Waals surface area (Å²) in [7, 11) is 0. The molecule has 1 aromatic heterocycles. The van der Waals surface area contributed by atoms with Crippen molar-refractivity contribution in [3.63, 3.8) is 0 Å². The first-order valence-corrected chi connectivity index (χ1v) is 14.3. The molecule has 2 rings (SSSR count). The Morgan fingerprint density at radius 2 is 1.94 bits per heavy atom. The lowest BCUT2D eigenvalue weighted by molar-refractivity contribution is -0.154. The number of aliphatic hydroxyl groups excluding tert-OH is 3. The summed E-state index contributed by atoms with van der Waals surface area (Å²) in [5.74, 6) is -1.82. The summed E-state index contributed by atoms with van der Waals surface area (Å²) in [4.78, 5) is 30.5. The molecule has 0 radical (unpaired) electrons. The number of carbonyl (C=O) groups is 2. The summed E-state index contributed by atoms with van der Waals surface area (Å²) < 4.78 is 5.74. The Morgan fingerprint density at radius 3 is 2.56 bits per heavy atom. The number of thiazole rings is 1. The minimum Gasteiger partial charge on any atom is -0.458 e. The van der Waals surface area contributed by atoms with Crippen LogP contribution in [-0.2, 0) is 20.9 Å². The third kappa shape index (κ3) is 8.44. The first kappa shape index (κ1) is 31.1. The van der Waals surface area contributed by atoms with E-state index in [1.807, 2.05) is 37.5 Å². The first-order valence-electron chi connectivity index (χ1n) is 12.4. The standard InChI is InChI=1S/C27H40INO6S/c1-16-8-7-10-27(6,28)11-9-20(17(2)12-19-15-36-22(14-30)29-19)35-23(32)13-21(31)26(4,5)25(34)18(3)24(16)33/h7-8,12,15-16,18,20-21,24,30-31,33H,9-11,13-14H2,1-6H3/b8-7+,17-12+/t16-,18+,20-,21-,24-,27+/m0/s1. The molecule has 1 aromatic rings. The Kier molecular flexibility index (Phi) is 11.3. The molecule has 0 saturated carbocycles. The van der Waals surface area contributed by atoms with Gasteiger partial charge in [-0.3, -0.25) is 9.59 Å². The zero-order chi connectivity index (χ0) is 27.3. The number of ketones is 1. The molecule has 6 atom stereocenters. The van der Waals surface area contributed by atoms with E-state index in [1.54, 1.807) is 20.8 Å². The zero-order valence-corrected chi connectivity index (χ0v) is 25.0. The first-order chi connectivity index (χ1) is 16.7. The van der Waals surface area contributed by atoms with Crippen LogP contribution >= 0.6 is 33.9 Å². The molecule has 0 aliphatic carbocycles. The average molecular weight is 634 g/mol. The van der Waals surface area contributed by atoms with Crippen LogP contribution < -0.4 is 0 Å². The number of Topliss-reactive ketones (excluding diaryl/α,β-unsaturated/α-hetero) is 1. The number of aliphatic hydroxyl groups is 3. The topological polar surface area (TPSA) is 117 Å². The maximum atomic E-state index is 13.2. The molecule has 2 heterocycles. The van der Waals surface area contributed by atoms with E-state index in [0.717, 1.165) is 18.4 Å². The number of cyclic esters (lactones) is 1. The maximum absolute atomic E-state index is 13.2. The summed E-state index contributed by atoms with van der Waals surface area (Å²) in [6, 6.07) is 0. The van der Waals surface area contributed by atoms with Crippen LogP contribution in [0.3, 0.4) is 0 Å². The third-order valence-corrected chi connectivity index (χ3v) is 8.90. The predicted molar refractivity (Wildman–Crippen MR) is 151 cm³/mol. The number of aromatic nitrogens is 1. The summed E-state index contributed by atoms with van der Waals surface area (Å²) in [5.41, 5.74) is 0.276. The van der Waals surface area contributed by atoms with Crippen molar-refractivity contribution in [2.24, 2.45) is 17.3 Å². The molecule has 0 aromatic carbocycles. The largest absolute Gasteiger partial charge is 0.458 e. The fraction of sp³-hybridized carbons (Fsp3) is 0.667. The Hall–Kier alpha value is -1.14. The second-order valence-corrected chi connectivity index (χ2v) is 14.3. The molecule has 9 heteroatoms. The van der Waals surface area contributed by atoms with Crippen LogP contribution in [0, 0.1) is 17.3 Å². The quantitative estimate of drug-likeness (QED) is 0.188. The minimum absolute atomic E-state index is 0.117. The highest BCUT2D eigenvalue weighted by atomic mass is 127. The lowest BCUT2D eigenvalue weighted by Crippen LogP contribution is -2.45. The summed E-state index contributed by atoms with van der Waals surface area (Å²) in [6.07, 6.45) is 4.94. The molecule has 1 aliphatic heterocycles. The normalized spacial score (nSPS) is 34.3. The van der Waals surface area contributed by atoms with Crippen molar-refractivity contribution in [3.8, 4) is 0 Å². The summed E-state index contributed by atoms with van der Waals surface area (Å²) in [5, 5.41) is 33.4. The van der Waals surface area contributed by atoms with Crippen LogP contribution in [0.15, 0.2) is 23.1 Å². The van der Waals surface area contributed by atoms with Gasteiger partial charge in [0.2, 0.25) is 0 Å². The molecule has 0 bridgehead atoms.